The summed E-state index contributed by atoms with van der Waals surface area (Å²) in [5.74, 6) is 2.47. The van der Waals surface area contributed by atoms with Gasteiger partial charge < -0.3 is 9.80 Å². The van der Waals surface area contributed by atoms with Gasteiger partial charge >= 0.3 is 0 Å². The highest BCUT2D eigenvalue weighted by Crippen LogP contribution is 2.31. The van der Waals surface area contributed by atoms with Crippen molar-refractivity contribution < 1.29 is 4.79 Å². The van der Waals surface area contributed by atoms with E-state index in [1.165, 1.54) is 5.56 Å². The van der Waals surface area contributed by atoms with Gasteiger partial charge in [0.1, 0.15) is 5.82 Å². The molecular formula is C25H36N4O. The highest BCUT2D eigenvalue weighted by atomic mass is 16.2. The Morgan fingerprint density at radius 2 is 1.80 bits per heavy atom. The molecule has 1 saturated heterocycles. The fourth-order valence-electron chi connectivity index (χ4n) is 4.26. The number of rotatable bonds is 7. The molecule has 0 bridgehead atoms. The SMILES string of the molecule is CCCCCC(=O)N1CCCN(c2nc(-c3ccccc3)nc(C)c2C(C)C)CC1. The van der Waals surface area contributed by atoms with Crippen molar-refractivity contribution in [2.75, 3.05) is 31.1 Å². The molecular weight excluding hydrogens is 372 g/mol. The number of benzene rings is 1. The number of amides is 1. The first-order valence-electron chi connectivity index (χ1n) is 11.5. The number of unbranched alkanes of at least 4 members (excludes halogenated alkanes) is 2. The average Bonchev–Trinajstić information content (AvgIpc) is 3.00. The molecule has 30 heavy (non-hydrogen) atoms. The third kappa shape index (κ3) is 5.38. The maximum Gasteiger partial charge on any atom is 0.222 e. The number of aromatic nitrogens is 2. The van der Waals surface area contributed by atoms with Crippen molar-refractivity contribution in [3.8, 4) is 11.4 Å². The molecule has 5 nitrogen and oxygen atoms in total. The van der Waals surface area contributed by atoms with E-state index in [2.05, 4.69) is 49.6 Å². The number of nitrogens with zero attached hydrogens (tertiary/aromatic N) is 4. The molecule has 1 aliphatic rings. The summed E-state index contributed by atoms with van der Waals surface area (Å²) < 4.78 is 0. The van der Waals surface area contributed by atoms with E-state index in [1.54, 1.807) is 0 Å². The molecule has 0 atom stereocenters. The van der Waals surface area contributed by atoms with Crippen molar-refractivity contribution in [2.45, 2.75) is 65.7 Å². The fraction of sp³-hybridized carbons (Fsp3) is 0.560. The lowest BCUT2D eigenvalue weighted by Crippen LogP contribution is -2.35. The Balaban J connectivity index is 1.83. The predicted octanol–water partition coefficient (Wildman–Crippen LogP) is 5.19. The lowest BCUT2D eigenvalue weighted by atomic mass is 10.0. The van der Waals surface area contributed by atoms with Gasteiger partial charge in [-0.15, -0.1) is 0 Å². The van der Waals surface area contributed by atoms with Crippen LogP contribution in [0, 0.1) is 6.92 Å². The highest BCUT2D eigenvalue weighted by molar-refractivity contribution is 5.76. The minimum Gasteiger partial charge on any atom is -0.354 e. The molecule has 1 fully saturated rings. The third-order valence-electron chi connectivity index (χ3n) is 5.87. The minimum atomic E-state index is 0.304. The van der Waals surface area contributed by atoms with Crippen LogP contribution in [0.1, 0.15) is 70.1 Å². The normalized spacial score (nSPS) is 14.8. The van der Waals surface area contributed by atoms with Crippen molar-refractivity contribution in [3.05, 3.63) is 41.6 Å². The zero-order valence-corrected chi connectivity index (χ0v) is 19.0. The van der Waals surface area contributed by atoms with Gasteiger partial charge in [-0.1, -0.05) is 63.9 Å². The van der Waals surface area contributed by atoms with Gasteiger partial charge in [0.2, 0.25) is 5.91 Å². The largest absolute Gasteiger partial charge is 0.354 e. The molecule has 162 valence electrons. The van der Waals surface area contributed by atoms with Gasteiger partial charge in [-0.2, -0.15) is 0 Å². The molecule has 1 aromatic carbocycles. The first kappa shape index (κ1) is 22.3. The lowest BCUT2D eigenvalue weighted by Gasteiger charge is -2.27. The summed E-state index contributed by atoms with van der Waals surface area (Å²) in [5.41, 5.74) is 3.31. The van der Waals surface area contributed by atoms with E-state index < -0.39 is 0 Å². The molecule has 1 aliphatic heterocycles. The molecule has 0 aliphatic carbocycles. The van der Waals surface area contributed by atoms with E-state index in [0.717, 1.165) is 74.8 Å². The maximum absolute atomic E-state index is 12.6. The maximum atomic E-state index is 12.6. The molecule has 0 saturated carbocycles. The fourth-order valence-corrected chi connectivity index (χ4v) is 4.26. The Kier molecular flexibility index (Phi) is 7.83. The topological polar surface area (TPSA) is 49.3 Å². The van der Waals surface area contributed by atoms with Crippen LogP contribution in [0.5, 0.6) is 0 Å². The van der Waals surface area contributed by atoms with Crippen molar-refractivity contribution >= 4 is 11.7 Å². The van der Waals surface area contributed by atoms with E-state index in [1.807, 2.05) is 18.2 Å². The second-order valence-corrected chi connectivity index (χ2v) is 8.57. The smallest absolute Gasteiger partial charge is 0.222 e. The number of aryl methyl sites for hydroxylation is 1. The van der Waals surface area contributed by atoms with E-state index in [9.17, 15) is 4.79 Å². The van der Waals surface area contributed by atoms with Crippen molar-refractivity contribution in [2.24, 2.45) is 0 Å². The summed E-state index contributed by atoms with van der Waals surface area (Å²) >= 11 is 0. The second kappa shape index (κ2) is 10.6. The number of anilines is 1. The second-order valence-electron chi connectivity index (χ2n) is 8.57. The Labute approximate surface area is 181 Å². The first-order valence-corrected chi connectivity index (χ1v) is 11.5. The van der Waals surface area contributed by atoms with Gasteiger partial charge in [0, 0.05) is 49.4 Å². The molecule has 2 aromatic rings. The van der Waals surface area contributed by atoms with Crippen LogP contribution in [-0.4, -0.2) is 47.0 Å². The van der Waals surface area contributed by atoms with Crippen LogP contribution >= 0.6 is 0 Å². The van der Waals surface area contributed by atoms with Gasteiger partial charge in [-0.25, -0.2) is 9.97 Å². The van der Waals surface area contributed by atoms with Crippen LogP contribution in [0.25, 0.3) is 11.4 Å². The minimum absolute atomic E-state index is 0.304. The summed E-state index contributed by atoms with van der Waals surface area (Å²) in [5, 5.41) is 0. The van der Waals surface area contributed by atoms with Crippen LogP contribution in [0.2, 0.25) is 0 Å². The monoisotopic (exact) mass is 408 g/mol. The van der Waals surface area contributed by atoms with Gasteiger partial charge in [-0.3, -0.25) is 4.79 Å². The van der Waals surface area contributed by atoms with E-state index >= 15 is 0 Å². The number of hydrogen-bond acceptors (Lipinski definition) is 4. The van der Waals surface area contributed by atoms with E-state index in [4.69, 9.17) is 9.97 Å². The third-order valence-corrected chi connectivity index (χ3v) is 5.87. The standard InChI is InChI=1S/C25H36N4O/c1-5-6-8-14-22(30)28-15-11-16-29(18-17-28)25-23(19(2)3)20(4)26-24(27-25)21-12-9-7-10-13-21/h7,9-10,12-13,19H,5-6,8,11,14-18H2,1-4H3. The van der Waals surface area contributed by atoms with Crippen molar-refractivity contribution in [1.82, 2.24) is 14.9 Å². The molecule has 0 N–H and O–H groups in total. The van der Waals surface area contributed by atoms with Crippen molar-refractivity contribution in [1.29, 1.82) is 0 Å². The summed E-state index contributed by atoms with van der Waals surface area (Å²) in [6.45, 7) is 12.0. The molecule has 1 aromatic heterocycles. The van der Waals surface area contributed by atoms with Gasteiger partial charge in [0.15, 0.2) is 5.82 Å². The van der Waals surface area contributed by atoms with Crippen LogP contribution in [0.3, 0.4) is 0 Å². The summed E-state index contributed by atoms with van der Waals surface area (Å²) in [7, 11) is 0. The first-order chi connectivity index (χ1) is 14.5. The Hall–Kier alpha value is -2.43. The van der Waals surface area contributed by atoms with Gasteiger partial charge in [0.25, 0.3) is 0 Å². The Bertz CT molecular complexity index is 835. The van der Waals surface area contributed by atoms with E-state index in [0.29, 0.717) is 18.2 Å². The zero-order valence-electron chi connectivity index (χ0n) is 19.0. The highest BCUT2D eigenvalue weighted by Gasteiger charge is 2.24. The summed E-state index contributed by atoms with van der Waals surface area (Å²) in [4.78, 5) is 26.9. The molecule has 5 heteroatoms. The number of carbonyl (C=O) groups excluding carboxylic acids is 1. The molecule has 0 radical (unpaired) electrons. The predicted molar refractivity (Wildman–Crippen MR) is 124 cm³/mol. The summed E-state index contributed by atoms with van der Waals surface area (Å²) in [6, 6.07) is 10.2. The van der Waals surface area contributed by atoms with E-state index in [-0.39, 0.29) is 0 Å². The average molecular weight is 409 g/mol. The van der Waals surface area contributed by atoms with Crippen LogP contribution in [0.15, 0.2) is 30.3 Å². The van der Waals surface area contributed by atoms with Crippen LogP contribution in [-0.2, 0) is 4.79 Å². The van der Waals surface area contributed by atoms with Crippen molar-refractivity contribution in [3.63, 3.8) is 0 Å². The lowest BCUT2D eigenvalue weighted by molar-refractivity contribution is -0.131. The molecule has 1 amide bonds. The number of carbonyl (C=O) groups is 1. The Morgan fingerprint density at radius 1 is 1.03 bits per heavy atom. The van der Waals surface area contributed by atoms with Crippen LogP contribution < -0.4 is 4.90 Å². The summed E-state index contributed by atoms with van der Waals surface area (Å²) in [6.07, 6.45) is 4.93. The number of hydrogen-bond donors (Lipinski definition) is 0. The zero-order chi connectivity index (χ0) is 21.5. The van der Waals surface area contributed by atoms with Gasteiger partial charge in [-0.05, 0) is 25.7 Å². The van der Waals surface area contributed by atoms with Gasteiger partial charge in [0.05, 0.1) is 0 Å². The molecule has 3 rings (SSSR count). The molecule has 2 heterocycles. The quantitative estimate of drug-likeness (QED) is 0.591. The van der Waals surface area contributed by atoms with Crippen LogP contribution in [0.4, 0.5) is 5.82 Å². The molecule has 0 spiro atoms. The Morgan fingerprint density at radius 3 is 2.50 bits per heavy atom. The molecule has 0 unspecified atom stereocenters.